The van der Waals surface area contributed by atoms with Crippen LogP contribution in [-0.2, 0) is 22.6 Å². The Morgan fingerprint density at radius 2 is 1.82 bits per heavy atom. The molecule has 33 heavy (non-hydrogen) atoms. The quantitative estimate of drug-likeness (QED) is 0.517. The van der Waals surface area contributed by atoms with E-state index in [0.29, 0.717) is 23.8 Å². The van der Waals surface area contributed by atoms with Gasteiger partial charge in [-0.3, -0.25) is 18.7 Å². The number of anilines is 1. The minimum atomic E-state index is -0.582. The van der Waals surface area contributed by atoms with Gasteiger partial charge in [0.2, 0.25) is 5.91 Å². The van der Waals surface area contributed by atoms with Gasteiger partial charge in [-0.1, -0.05) is 15.9 Å². The van der Waals surface area contributed by atoms with Crippen LogP contribution < -0.4 is 26.0 Å². The zero-order valence-corrected chi connectivity index (χ0v) is 19.9. The number of carbonyl (C=O) groups is 1. The molecule has 2 heterocycles. The van der Waals surface area contributed by atoms with Gasteiger partial charge in [-0.15, -0.1) is 0 Å². The van der Waals surface area contributed by atoms with E-state index in [1.807, 2.05) is 0 Å². The van der Waals surface area contributed by atoms with E-state index in [9.17, 15) is 14.4 Å². The highest BCUT2D eigenvalue weighted by molar-refractivity contribution is 9.10. The molecule has 1 amide bonds. The van der Waals surface area contributed by atoms with Crippen molar-refractivity contribution in [2.24, 2.45) is 0 Å². The third-order valence-electron chi connectivity index (χ3n) is 5.57. The summed E-state index contributed by atoms with van der Waals surface area (Å²) in [6.07, 6.45) is 1.42. The summed E-state index contributed by atoms with van der Waals surface area (Å²) in [6.45, 7) is 0.435. The maximum absolute atomic E-state index is 13.4. The van der Waals surface area contributed by atoms with Crippen molar-refractivity contribution < 1.29 is 19.0 Å². The minimum Gasteiger partial charge on any atom is -0.493 e. The molecule has 0 unspecified atom stereocenters. The predicted octanol–water partition coefficient (Wildman–Crippen LogP) is 2.76. The number of ether oxygens (including phenoxy) is 3. The Hall–Kier alpha value is -3.11. The number of carbonyl (C=O) groups excluding carboxylic acids is 1. The molecule has 1 aliphatic heterocycles. The first kappa shape index (κ1) is 23.1. The largest absolute Gasteiger partial charge is 0.493 e. The zero-order valence-electron chi connectivity index (χ0n) is 18.3. The van der Waals surface area contributed by atoms with Gasteiger partial charge in [-0.2, -0.15) is 0 Å². The molecular weight excluding hydrogens is 494 g/mol. The molecule has 0 spiro atoms. The second-order valence-corrected chi connectivity index (χ2v) is 8.61. The Morgan fingerprint density at radius 1 is 1.12 bits per heavy atom. The molecule has 0 radical (unpaired) electrons. The smallest absolute Gasteiger partial charge is 0.332 e. The molecule has 1 N–H and O–H groups in total. The third kappa shape index (κ3) is 4.81. The van der Waals surface area contributed by atoms with Crippen LogP contribution in [-0.4, -0.2) is 42.0 Å². The van der Waals surface area contributed by atoms with Crippen LogP contribution in [0.15, 0.2) is 50.5 Å². The molecule has 1 saturated heterocycles. The lowest BCUT2D eigenvalue weighted by atomic mass is 10.2. The number of hydrogen-bond donors (Lipinski definition) is 1. The lowest BCUT2D eigenvalue weighted by molar-refractivity contribution is -0.116. The maximum atomic E-state index is 13.4. The van der Waals surface area contributed by atoms with E-state index in [1.165, 1.54) is 24.9 Å². The average molecular weight is 518 g/mol. The first-order valence-corrected chi connectivity index (χ1v) is 11.3. The maximum Gasteiger partial charge on any atom is 0.332 e. The number of halogens is 1. The Bertz CT molecular complexity index is 1290. The molecule has 1 fully saturated rings. The van der Waals surface area contributed by atoms with Crippen LogP contribution in [0.5, 0.6) is 11.5 Å². The van der Waals surface area contributed by atoms with Gasteiger partial charge in [0.1, 0.15) is 6.54 Å². The Kier molecular flexibility index (Phi) is 6.85. The average Bonchev–Trinajstić information content (AvgIpc) is 3.33. The standard InChI is InChI=1S/C23H24BrN3O6/c1-31-19-10-17-18(11-20(19)32-2)26(13-21(28)25-15-7-5-14(24)6-8-15)23(30)27(22(17)29)12-16-4-3-9-33-16/h5-8,10-11,16H,3-4,9,12-13H2,1-2H3,(H,25,28)/t16-/m1/s1. The van der Waals surface area contributed by atoms with Crippen LogP contribution in [0.25, 0.3) is 10.9 Å². The lowest BCUT2D eigenvalue weighted by Gasteiger charge is -2.18. The summed E-state index contributed by atoms with van der Waals surface area (Å²) in [4.78, 5) is 39.5. The first-order chi connectivity index (χ1) is 15.9. The summed E-state index contributed by atoms with van der Waals surface area (Å²) in [6, 6.07) is 10.2. The number of nitrogens with one attached hydrogen (secondary N) is 1. The van der Waals surface area contributed by atoms with Crippen molar-refractivity contribution in [2.45, 2.75) is 32.0 Å². The normalized spacial score (nSPS) is 15.5. The van der Waals surface area contributed by atoms with Gasteiger partial charge in [-0.05, 0) is 43.2 Å². The van der Waals surface area contributed by atoms with Gasteiger partial charge in [-0.25, -0.2) is 4.79 Å². The molecule has 10 heteroatoms. The molecule has 0 bridgehead atoms. The number of rotatable bonds is 7. The third-order valence-corrected chi connectivity index (χ3v) is 6.10. The monoisotopic (exact) mass is 517 g/mol. The number of amides is 1. The van der Waals surface area contributed by atoms with Gasteiger partial charge in [0.05, 0.1) is 37.8 Å². The molecule has 0 saturated carbocycles. The Labute approximate surface area is 198 Å². The van der Waals surface area contributed by atoms with E-state index >= 15 is 0 Å². The van der Waals surface area contributed by atoms with Gasteiger partial charge >= 0.3 is 5.69 Å². The second kappa shape index (κ2) is 9.80. The molecule has 1 aromatic heterocycles. The fourth-order valence-electron chi connectivity index (χ4n) is 3.93. The summed E-state index contributed by atoms with van der Waals surface area (Å²) in [7, 11) is 2.93. The summed E-state index contributed by atoms with van der Waals surface area (Å²) in [5, 5.41) is 3.03. The van der Waals surface area contributed by atoms with Gasteiger partial charge in [0, 0.05) is 22.8 Å². The number of benzene rings is 2. The van der Waals surface area contributed by atoms with E-state index < -0.39 is 17.2 Å². The van der Waals surface area contributed by atoms with Crippen molar-refractivity contribution in [3.8, 4) is 11.5 Å². The van der Waals surface area contributed by atoms with Gasteiger partial charge in [0.15, 0.2) is 11.5 Å². The topological polar surface area (TPSA) is 101 Å². The van der Waals surface area contributed by atoms with Crippen LogP contribution >= 0.6 is 15.9 Å². The van der Waals surface area contributed by atoms with Crippen LogP contribution in [0, 0.1) is 0 Å². The highest BCUT2D eigenvalue weighted by Gasteiger charge is 2.23. The summed E-state index contributed by atoms with van der Waals surface area (Å²) < 4.78 is 19.6. The van der Waals surface area contributed by atoms with Crippen molar-refractivity contribution in [2.75, 3.05) is 26.1 Å². The van der Waals surface area contributed by atoms with Crippen LogP contribution in [0.2, 0.25) is 0 Å². The van der Waals surface area contributed by atoms with E-state index in [0.717, 1.165) is 21.9 Å². The fraction of sp³-hybridized carbons (Fsp3) is 0.348. The van der Waals surface area contributed by atoms with E-state index in [-0.39, 0.29) is 30.1 Å². The molecular formula is C23H24BrN3O6. The molecule has 174 valence electrons. The molecule has 9 nitrogen and oxygen atoms in total. The van der Waals surface area contributed by atoms with E-state index in [4.69, 9.17) is 14.2 Å². The zero-order chi connectivity index (χ0) is 23.5. The van der Waals surface area contributed by atoms with E-state index in [1.54, 1.807) is 30.3 Å². The molecule has 0 aliphatic carbocycles. The van der Waals surface area contributed by atoms with Crippen LogP contribution in [0.3, 0.4) is 0 Å². The van der Waals surface area contributed by atoms with Crippen LogP contribution in [0.1, 0.15) is 12.8 Å². The molecule has 2 aromatic carbocycles. The van der Waals surface area contributed by atoms with E-state index in [2.05, 4.69) is 21.2 Å². The number of hydrogen-bond acceptors (Lipinski definition) is 6. The highest BCUT2D eigenvalue weighted by Crippen LogP contribution is 2.30. The molecule has 4 rings (SSSR count). The second-order valence-electron chi connectivity index (χ2n) is 7.70. The Morgan fingerprint density at radius 3 is 2.45 bits per heavy atom. The fourth-order valence-corrected chi connectivity index (χ4v) is 4.19. The number of nitrogens with zero attached hydrogens (tertiary/aromatic N) is 2. The van der Waals surface area contributed by atoms with Crippen molar-refractivity contribution in [1.29, 1.82) is 0 Å². The molecule has 1 aliphatic rings. The van der Waals surface area contributed by atoms with Crippen molar-refractivity contribution in [3.05, 3.63) is 61.7 Å². The Balaban J connectivity index is 1.80. The van der Waals surface area contributed by atoms with Crippen molar-refractivity contribution >= 4 is 38.4 Å². The molecule has 3 aromatic rings. The predicted molar refractivity (Wildman–Crippen MR) is 127 cm³/mol. The number of fused-ring (bicyclic) bond motifs is 1. The lowest BCUT2D eigenvalue weighted by Crippen LogP contribution is -2.43. The SMILES string of the molecule is COc1cc2c(=O)n(C[C@H]3CCCO3)c(=O)n(CC(=O)Nc3ccc(Br)cc3)c2cc1OC. The highest BCUT2D eigenvalue weighted by atomic mass is 79.9. The van der Waals surface area contributed by atoms with Crippen molar-refractivity contribution in [1.82, 2.24) is 9.13 Å². The summed E-state index contributed by atoms with van der Waals surface area (Å²) in [5.41, 5.74) is -0.165. The summed E-state index contributed by atoms with van der Waals surface area (Å²) in [5.74, 6) is 0.302. The van der Waals surface area contributed by atoms with Gasteiger partial charge < -0.3 is 19.5 Å². The van der Waals surface area contributed by atoms with Crippen molar-refractivity contribution in [3.63, 3.8) is 0 Å². The number of methoxy groups -OCH3 is 2. The number of aromatic nitrogens is 2. The van der Waals surface area contributed by atoms with Crippen LogP contribution in [0.4, 0.5) is 5.69 Å². The summed E-state index contributed by atoms with van der Waals surface area (Å²) >= 11 is 3.36. The first-order valence-electron chi connectivity index (χ1n) is 10.5. The minimum absolute atomic E-state index is 0.121. The molecule has 1 atom stereocenters. The van der Waals surface area contributed by atoms with Gasteiger partial charge in [0.25, 0.3) is 5.56 Å².